The Bertz CT molecular complexity index is 1210. The Balaban J connectivity index is 1.65. The molecular weight excluding hydrogens is 432 g/mol. The molecule has 0 aliphatic rings. The summed E-state index contributed by atoms with van der Waals surface area (Å²) in [5.41, 5.74) is 2.68. The first-order valence-electron chi connectivity index (χ1n) is 8.89. The van der Waals surface area contributed by atoms with Gasteiger partial charge in [0.25, 0.3) is 0 Å². The number of Topliss-reactive ketones (excluding diaryl/α,β-unsaturated/α-hetero) is 1. The lowest BCUT2D eigenvalue weighted by atomic mass is 10.1. The zero-order chi connectivity index (χ0) is 20.2. The molecule has 0 unspecified atom stereocenters. The third-order valence-electron chi connectivity index (χ3n) is 4.37. The molecule has 0 saturated carbocycles. The SMILES string of the molecule is O=C(COC(=O)c1cc(-c2ccccn2)nc2ccccc12)c1ccccc1Br. The van der Waals surface area contributed by atoms with E-state index in [-0.39, 0.29) is 12.4 Å². The zero-order valence-corrected chi connectivity index (χ0v) is 16.8. The first-order chi connectivity index (χ1) is 14.1. The minimum Gasteiger partial charge on any atom is -0.454 e. The summed E-state index contributed by atoms with van der Waals surface area (Å²) in [6.45, 7) is -0.350. The van der Waals surface area contributed by atoms with E-state index in [2.05, 4.69) is 25.9 Å². The van der Waals surface area contributed by atoms with Crippen LogP contribution in [0.25, 0.3) is 22.3 Å². The van der Waals surface area contributed by atoms with Crippen LogP contribution in [0.1, 0.15) is 20.7 Å². The monoisotopic (exact) mass is 446 g/mol. The number of hydrogen-bond donors (Lipinski definition) is 0. The summed E-state index contributed by atoms with van der Waals surface area (Å²) >= 11 is 3.34. The van der Waals surface area contributed by atoms with Gasteiger partial charge in [-0.1, -0.05) is 58.4 Å². The number of aromatic nitrogens is 2. The average Bonchev–Trinajstić information content (AvgIpc) is 2.77. The summed E-state index contributed by atoms with van der Waals surface area (Å²) in [6, 6.07) is 21.5. The number of rotatable bonds is 5. The number of halogens is 1. The minimum atomic E-state index is -0.582. The number of para-hydroxylation sites is 1. The molecule has 4 rings (SSSR count). The van der Waals surface area contributed by atoms with E-state index >= 15 is 0 Å². The summed E-state index contributed by atoms with van der Waals surface area (Å²) < 4.78 is 6.00. The van der Waals surface area contributed by atoms with Crippen LogP contribution in [-0.4, -0.2) is 28.3 Å². The number of hydrogen-bond acceptors (Lipinski definition) is 5. The molecule has 0 atom stereocenters. The van der Waals surface area contributed by atoms with Gasteiger partial charge in [0, 0.05) is 21.6 Å². The topological polar surface area (TPSA) is 69.2 Å². The van der Waals surface area contributed by atoms with Gasteiger partial charge in [0.15, 0.2) is 6.61 Å². The van der Waals surface area contributed by atoms with Crippen LogP contribution in [-0.2, 0) is 4.74 Å². The highest BCUT2D eigenvalue weighted by molar-refractivity contribution is 9.10. The first kappa shape index (κ1) is 19.0. The molecule has 6 heteroatoms. The molecular formula is C23H15BrN2O3. The van der Waals surface area contributed by atoms with Crippen LogP contribution in [0.15, 0.2) is 83.5 Å². The van der Waals surface area contributed by atoms with Crippen LogP contribution in [0.4, 0.5) is 0 Å². The lowest BCUT2D eigenvalue weighted by Gasteiger charge is -2.10. The van der Waals surface area contributed by atoms with Gasteiger partial charge in [-0.15, -0.1) is 0 Å². The molecule has 2 aromatic carbocycles. The van der Waals surface area contributed by atoms with Gasteiger partial charge in [-0.25, -0.2) is 9.78 Å². The molecule has 0 N–H and O–H groups in total. The van der Waals surface area contributed by atoms with Gasteiger partial charge in [-0.2, -0.15) is 0 Å². The van der Waals surface area contributed by atoms with Crippen LogP contribution < -0.4 is 0 Å². The fraction of sp³-hybridized carbons (Fsp3) is 0.0435. The van der Waals surface area contributed by atoms with Crippen molar-refractivity contribution >= 4 is 38.6 Å². The van der Waals surface area contributed by atoms with Crippen LogP contribution in [0.3, 0.4) is 0 Å². The Hall–Kier alpha value is -3.38. The molecule has 142 valence electrons. The van der Waals surface area contributed by atoms with Crippen molar-refractivity contribution in [2.24, 2.45) is 0 Å². The standard InChI is InChI=1S/C23H15BrN2O3/c24-18-9-3-1-8-16(18)22(27)14-29-23(28)17-13-21(20-11-5-6-12-25-20)26-19-10-4-2-7-15(17)19/h1-13H,14H2. The van der Waals surface area contributed by atoms with Gasteiger partial charge in [-0.3, -0.25) is 9.78 Å². The maximum atomic E-state index is 12.8. The fourth-order valence-corrected chi connectivity index (χ4v) is 3.47. The third kappa shape index (κ3) is 4.07. The van der Waals surface area contributed by atoms with Gasteiger partial charge in [0.05, 0.1) is 22.5 Å². The molecule has 0 aliphatic heterocycles. The second kappa shape index (κ2) is 8.32. The number of carbonyl (C=O) groups excluding carboxylic acids is 2. The number of ether oxygens (including phenoxy) is 1. The number of fused-ring (bicyclic) bond motifs is 1. The van der Waals surface area contributed by atoms with Crippen LogP contribution >= 0.6 is 15.9 Å². The number of carbonyl (C=O) groups is 2. The van der Waals surface area contributed by atoms with Crippen molar-refractivity contribution in [3.05, 3.63) is 94.6 Å². The van der Waals surface area contributed by atoms with E-state index in [1.807, 2.05) is 42.5 Å². The second-order valence-electron chi connectivity index (χ2n) is 6.27. The highest BCUT2D eigenvalue weighted by atomic mass is 79.9. The summed E-state index contributed by atoms with van der Waals surface area (Å²) in [6.07, 6.45) is 1.67. The molecule has 4 aromatic rings. The Morgan fingerprint density at radius 1 is 0.862 bits per heavy atom. The first-order valence-corrected chi connectivity index (χ1v) is 9.69. The quantitative estimate of drug-likeness (QED) is 0.315. The van der Waals surface area contributed by atoms with E-state index in [0.717, 1.165) is 0 Å². The Morgan fingerprint density at radius 3 is 2.41 bits per heavy atom. The van der Waals surface area contributed by atoms with Crippen molar-refractivity contribution in [2.75, 3.05) is 6.61 Å². The molecule has 0 bridgehead atoms. The number of esters is 1. The van der Waals surface area contributed by atoms with Gasteiger partial charge in [-0.05, 0) is 30.3 Å². The Morgan fingerprint density at radius 2 is 1.62 bits per heavy atom. The molecule has 0 fully saturated rings. The van der Waals surface area contributed by atoms with E-state index in [1.54, 1.807) is 36.5 Å². The van der Waals surface area contributed by atoms with Gasteiger partial charge >= 0.3 is 5.97 Å². The van der Waals surface area contributed by atoms with Crippen molar-refractivity contribution < 1.29 is 14.3 Å². The summed E-state index contributed by atoms with van der Waals surface area (Å²) in [5, 5.41) is 0.658. The van der Waals surface area contributed by atoms with Gasteiger partial charge in [0.1, 0.15) is 0 Å². The number of benzene rings is 2. The van der Waals surface area contributed by atoms with E-state index in [4.69, 9.17) is 4.74 Å². The molecule has 2 heterocycles. The Kier molecular flexibility index (Phi) is 5.44. The fourth-order valence-electron chi connectivity index (χ4n) is 2.96. The number of ketones is 1. The molecule has 5 nitrogen and oxygen atoms in total. The molecule has 0 saturated heterocycles. The van der Waals surface area contributed by atoms with Gasteiger partial charge < -0.3 is 4.74 Å². The number of nitrogens with zero attached hydrogens (tertiary/aromatic N) is 2. The maximum Gasteiger partial charge on any atom is 0.339 e. The van der Waals surface area contributed by atoms with E-state index < -0.39 is 5.97 Å². The molecule has 0 spiro atoms. The second-order valence-corrected chi connectivity index (χ2v) is 7.12. The van der Waals surface area contributed by atoms with E-state index in [0.29, 0.717) is 37.9 Å². The van der Waals surface area contributed by atoms with Gasteiger partial charge in [0.2, 0.25) is 5.78 Å². The highest BCUT2D eigenvalue weighted by Crippen LogP contribution is 2.24. The van der Waals surface area contributed by atoms with Crippen molar-refractivity contribution in [1.82, 2.24) is 9.97 Å². The average molecular weight is 447 g/mol. The summed E-state index contributed by atoms with van der Waals surface area (Å²) in [4.78, 5) is 34.2. The largest absolute Gasteiger partial charge is 0.454 e. The molecule has 0 amide bonds. The molecule has 0 aliphatic carbocycles. The number of pyridine rings is 2. The third-order valence-corrected chi connectivity index (χ3v) is 5.06. The van der Waals surface area contributed by atoms with Crippen LogP contribution in [0, 0.1) is 0 Å². The molecule has 0 radical (unpaired) electrons. The Labute approximate surface area is 175 Å². The van der Waals surface area contributed by atoms with Crippen molar-refractivity contribution in [3.8, 4) is 11.4 Å². The predicted molar refractivity (Wildman–Crippen MR) is 114 cm³/mol. The zero-order valence-electron chi connectivity index (χ0n) is 15.2. The highest BCUT2D eigenvalue weighted by Gasteiger charge is 2.18. The summed E-state index contributed by atoms with van der Waals surface area (Å²) in [5.74, 6) is -0.865. The van der Waals surface area contributed by atoms with Crippen LogP contribution in [0.2, 0.25) is 0 Å². The van der Waals surface area contributed by atoms with Crippen molar-refractivity contribution in [2.45, 2.75) is 0 Å². The van der Waals surface area contributed by atoms with Crippen LogP contribution in [0.5, 0.6) is 0 Å². The lowest BCUT2D eigenvalue weighted by molar-refractivity contribution is 0.0476. The predicted octanol–water partition coefficient (Wildman–Crippen LogP) is 5.10. The van der Waals surface area contributed by atoms with Crippen molar-refractivity contribution in [3.63, 3.8) is 0 Å². The van der Waals surface area contributed by atoms with Crippen molar-refractivity contribution in [1.29, 1.82) is 0 Å². The smallest absolute Gasteiger partial charge is 0.339 e. The maximum absolute atomic E-state index is 12.8. The minimum absolute atomic E-state index is 0.283. The molecule has 29 heavy (non-hydrogen) atoms. The normalized spacial score (nSPS) is 10.7. The van der Waals surface area contributed by atoms with E-state index in [9.17, 15) is 9.59 Å². The van der Waals surface area contributed by atoms with E-state index in [1.165, 1.54) is 0 Å². The lowest BCUT2D eigenvalue weighted by Crippen LogP contribution is -2.15. The molecule has 2 aromatic heterocycles. The summed E-state index contributed by atoms with van der Waals surface area (Å²) in [7, 11) is 0.